The number of para-hydroxylation sites is 1. The number of benzene rings is 2. The Morgan fingerprint density at radius 1 is 1.03 bits per heavy atom. The Morgan fingerprint density at radius 3 is 2.57 bits per heavy atom. The minimum absolute atomic E-state index is 0.137. The first-order chi connectivity index (χ1) is 14.4. The van der Waals surface area contributed by atoms with E-state index in [9.17, 15) is 18.0 Å². The van der Waals surface area contributed by atoms with Crippen LogP contribution in [-0.4, -0.2) is 9.55 Å². The molecule has 0 N–H and O–H groups in total. The molecule has 4 nitrogen and oxygen atoms in total. The monoisotopic (exact) mass is 408 g/mol. The van der Waals surface area contributed by atoms with Crippen LogP contribution in [0.3, 0.4) is 0 Å². The first-order valence-corrected chi connectivity index (χ1v) is 9.32. The van der Waals surface area contributed by atoms with Crippen LogP contribution in [0, 0.1) is 0 Å². The second-order valence-electron chi connectivity index (χ2n) is 7.14. The number of pyridine rings is 2. The summed E-state index contributed by atoms with van der Waals surface area (Å²) < 4.78 is 49.0. The van der Waals surface area contributed by atoms with E-state index >= 15 is 0 Å². The lowest BCUT2D eigenvalue weighted by molar-refractivity contribution is -0.136. The van der Waals surface area contributed by atoms with E-state index in [-0.39, 0.29) is 35.2 Å². The second kappa shape index (κ2) is 6.73. The van der Waals surface area contributed by atoms with Gasteiger partial charge >= 0.3 is 6.18 Å². The number of aromatic nitrogens is 2. The average Bonchev–Trinajstić information content (AvgIpc) is 2.89. The summed E-state index contributed by atoms with van der Waals surface area (Å²) in [6.07, 6.45) is 0.331. The molecule has 2 aromatic carbocycles. The fourth-order valence-electron chi connectivity index (χ4n) is 3.89. The number of halogens is 3. The number of hydrogen-bond donors (Lipinski definition) is 0. The minimum Gasteiger partial charge on any atom is -0.487 e. The van der Waals surface area contributed by atoms with E-state index < -0.39 is 17.2 Å². The van der Waals surface area contributed by atoms with Gasteiger partial charge in [-0.25, -0.2) is 0 Å². The molecule has 5 rings (SSSR count). The van der Waals surface area contributed by atoms with Crippen molar-refractivity contribution in [3.8, 4) is 11.4 Å². The highest BCUT2D eigenvalue weighted by atomic mass is 19.4. The number of alkyl halides is 3. The lowest BCUT2D eigenvalue weighted by Crippen LogP contribution is -2.19. The van der Waals surface area contributed by atoms with Crippen LogP contribution in [-0.2, 0) is 19.2 Å². The van der Waals surface area contributed by atoms with E-state index in [1.54, 1.807) is 35.3 Å². The lowest BCUT2D eigenvalue weighted by atomic mass is 10.00. The molecule has 3 heterocycles. The third kappa shape index (κ3) is 2.94. The number of rotatable bonds is 2. The zero-order valence-electron chi connectivity index (χ0n) is 15.6. The van der Waals surface area contributed by atoms with Crippen LogP contribution in [0.15, 0.2) is 71.9 Å². The number of hydrogen-bond acceptors (Lipinski definition) is 3. The SMILES string of the molecule is O=c1c(Cc2ccncc2)cn2c3c(ccc(C(F)(F)F)c13)OCc1ccccc1-2. The highest BCUT2D eigenvalue weighted by Gasteiger charge is 2.36. The third-order valence-electron chi connectivity index (χ3n) is 5.27. The van der Waals surface area contributed by atoms with E-state index in [0.717, 1.165) is 17.2 Å². The summed E-state index contributed by atoms with van der Waals surface area (Å²) in [6.45, 7) is 0.201. The first kappa shape index (κ1) is 18.4. The molecule has 0 fully saturated rings. The second-order valence-corrected chi connectivity index (χ2v) is 7.14. The van der Waals surface area contributed by atoms with Crippen LogP contribution in [0.4, 0.5) is 13.2 Å². The van der Waals surface area contributed by atoms with Gasteiger partial charge in [-0.1, -0.05) is 18.2 Å². The smallest absolute Gasteiger partial charge is 0.417 e. The molecule has 0 bridgehead atoms. The largest absolute Gasteiger partial charge is 0.487 e. The Balaban J connectivity index is 1.90. The molecule has 0 saturated heterocycles. The van der Waals surface area contributed by atoms with E-state index in [2.05, 4.69) is 4.98 Å². The van der Waals surface area contributed by atoms with Gasteiger partial charge in [-0.05, 0) is 35.9 Å². The standard InChI is InChI=1S/C23H15F3N2O2/c24-23(25,26)17-5-6-19-21-20(17)22(29)16(11-14-7-9-27-10-8-14)12-28(21)18-4-2-1-3-15(18)13-30-19/h1-10,12H,11,13H2. The third-order valence-corrected chi connectivity index (χ3v) is 5.27. The van der Waals surface area contributed by atoms with Crippen molar-refractivity contribution >= 4 is 10.9 Å². The van der Waals surface area contributed by atoms with Crippen LogP contribution < -0.4 is 10.2 Å². The maximum Gasteiger partial charge on any atom is 0.417 e. The molecule has 1 aliphatic rings. The first-order valence-electron chi connectivity index (χ1n) is 9.32. The van der Waals surface area contributed by atoms with Crippen molar-refractivity contribution < 1.29 is 17.9 Å². The van der Waals surface area contributed by atoms with Crippen molar-refractivity contribution in [3.05, 3.63) is 99.6 Å². The Morgan fingerprint density at radius 2 is 1.80 bits per heavy atom. The lowest BCUT2D eigenvalue weighted by Gasteiger charge is -2.18. The molecule has 0 spiro atoms. The van der Waals surface area contributed by atoms with Gasteiger partial charge in [-0.3, -0.25) is 9.78 Å². The topological polar surface area (TPSA) is 44.1 Å². The highest BCUT2D eigenvalue weighted by molar-refractivity contribution is 5.91. The summed E-state index contributed by atoms with van der Waals surface area (Å²) >= 11 is 0. The predicted octanol–water partition coefficient (Wildman–Crippen LogP) is 4.89. The normalized spacial score (nSPS) is 12.9. The van der Waals surface area contributed by atoms with Crippen molar-refractivity contribution in [2.75, 3.05) is 0 Å². The summed E-state index contributed by atoms with van der Waals surface area (Å²) in [5.41, 5.74) is 1.11. The Labute approximate surface area is 169 Å². The Kier molecular flexibility index (Phi) is 4.13. The summed E-state index contributed by atoms with van der Waals surface area (Å²) in [5, 5.41) is -0.372. The maximum absolute atomic E-state index is 13.8. The van der Waals surface area contributed by atoms with Crippen LogP contribution in [0.2, 0.25) is 0 Å². The van der Waals surface area contributed by atoms with E-state index in [1.807, 2.05) is 24.3 Å². The van der Waals surface area contributed by atoms with Gasteiger partial charge in [0.05, 0.1) is 22.2 Å². The van der Waals surface area contributed by atoms with Crippen LogP contribution in [0.25, 0.3) is 16.6 Å². The van der Waals surface area contributed by atoms with E-state index in [0.29, 0.717) is 5.69 Å². The molecule has 7 heteroatoms. The molecule has 30 heavy (non-hydrogen) atoms. The van der Waals surface area contributed by atoms with Gasteiger partial charge in [-0.15, -0.1) is 0 Å². The quantitative estimate of drug-likeness (QED) is 0.475. The number of ether oxygens (including phenoxy) is 1. The average molecular weight is 408 g/mol. The minimum atomic E-state index is -4.67. The van der Waals surface area contributed by atoms with Crippen molar-refractivity contribution in [1.82, 2.24) is 9.55 Å². The van der Waals surface area contributed by atoms with Gasteiger partial charge in [0.15, 0.2) is 5.43 Å². The Bertz CT molecular complexity index is 1330. The molecule has 2 aromatic heterocycles. The van der Waals surface area contributed by atoms with Crippen LogP contribution >= 0.6 is 0 Å². The van der Waals surface area contributed by atoms with Crippen molar-refractivity contribution in [1.29, 1.82) is 0 Å². The van der Waals surface area contributed by atoms with Gasteiger partial charge in [0, 0.05) is 36.1 Å². The maximum atomic E-state index is 13.8. The zero-order valence-corrected chi connectivity index (χ0v) is 15.6. The highest BCUT2D eigenvalue weighted by Crippen LogP contribution is 2.39. The Hall–Kier alpha value is -3.61. The fourth-order valence-corrected chi connectivity index (χ4v) is 3.89. The zero-order chi connectivity index (χ0) is 20.9. The summed E-state index contributed by atoms with van der Waals surface area (Å²) in [4.78, 5) is 17.2. The molecular formula is C23H15F3N2O2. The van der Waals surface area contributed by atoms with Crippen molar-refractivity contribution in [2.24, 2.45) is 0 Å². The molecule has 4 aromatic rings. The molecule has 0 radical (unpaired) electrons. The number of nitrogens with zero attached hydrogens (tertiary/aromatic N) is 2. The molecule has 0 unspecified atom stereocenters. The summed E-state index contributed by atoms with van der Waals surface area (Å²) in [7, 11) is 0. The van der Waals surface area contributed by atoms with Gasteiger partial charge in [0.1, 0.15) is 12.4 Å². The molecular weight excluding hydrogens is 393 g/mol. The molecule has 150 valence electrons. The van der Waals surface area contributed by atoms with E-state index in [1.165, 1.54) is 6.07 Å². The molecule has 0 atom stereocenters. The van der Waals surface area contributed by atoms with Crippen LogP contribution in [0.1, 0.15) is 22.3 Å². The van der Waals surface area contributed by atoms with E-state index in [4.69, 9.17) is 4.74 Å². The van der Waals surface area contributed by atoms with Crippen LogP contribution in [0.5, 0.6) is 5.75 Å². The number of fused-ring (bicyclic) bond motifs is 2. The van der Waals surface area contributed by atoms with Crippen molar-refractivity contribution in [3.63, 3.8) is 0 Å². The fraction of sp³-hybridized carbons (Fsp3) is 0.130. The van der Waals surface area contributed by atoms with Crippen molar-refractivity contribution in [2.45, 2.75) is 19.2 Å². The summed E-state index contributed by atoms with van der Waals surface area (Å²) in [6, 6.07) is 13.0. The van der Waals surface area contributed by atoms with Gasteiger partial charge in [0.2, 0.25) is 0 Å². The molecule has 0 aliphatic carbocycles. The molecule has 0 saturated carbocycles. The summed E-state index contributed by atoms with van der Waals surface area (Å²) in [5.74, 6) is 0.252. The predicted molar refractivity (Wildman–Crippen MR) is 106 cm³/mol. The molecule has 0 amide bonds. The molecule has 1 aliphatic heterocycles. The van der Waals surface area contributed by atoms with Gasteiger partial charge in [0.25, 0.3) is 0 Å². The van der Waals surface area contributed by atoms with Gasteiger partial charge < -0.3 is 9.30 Å². The van der Waals surface area contributed by atoms with Gasteiger partial charge in [-0.2, -0.15) is 13.2 Å².